The molecule has 5 rings (SSSR count). The Morgan fingerprint density at radius 2 is 1.73 bits per heavy atom. The number of hydrogen-bond donors (Lipinski definition) is 0. The quantitative estimate of drug-likeness (QED) is 0.317. The molecule has 1 aliphatic rings. The zero-order valence-corrected chi connectivity index (χ0v) is 22.4. The van der Waals surface area contributed by atoms with Crippen LogP contribution in [0.1, 0.15) is 38.3 Å². The highest BCUT2D eigenvalue weighted by molar-refractivity contribution is 7.90. The van der Waals surface area contributed by atoms with Gasteiger partial charge in [-0.25, -0.2) is 18.4 Å². The maximum atomic E-state index is 13.5. The second-order valence-electron chi connectivity index (χ2n) is 9.80. The van der Waals surface area contributed by atoms with Gasteiger partial charge in [-0.15, -0.1) is 0 Å². The molecule has 37 heavy (non-hydrogen) atoms. The third-order valence-electron chi connectivity index (χ3n) is 7.10. The second kappa shape index (κ2) is 10.4. The molecule has 4 aromatic rings. The van der Waals surface area contributed by atoms with E-state index in [4.69, 9.17) is 11.6 Å². The van der Waals surface area contributed by atoms with E-state index in [1.54, 1.807) is 53.5 Å². The van der Waals surface area contributed by atoms with E-state index in [9.17, 15) is 13.2 Å². The van der Waals surface area contributed by atoms with E-state index in [2.05, 4.69) is 28.7 Å². The third-order valence-corrected chi connectivity index (χ3v) is 9.12. The molecule has 0 saturated carbocycles. The van der Waals surface area contributed by atoms with E-state index < -0.39 is 9.84 Å². The highest BCUT2D eigenvalue weighted by atomic mass is 35.5. The van der Waals surface area contributed by atoms with Gasteiger partial charge < -0.3 is 4.90 Å². The van der Waals surface area contributed by atoms with Crippen molar-refractivity contribution < 1.29 is 8.42 Å². The lowest BCUT2D eigenvalue weighted by Gasteiger charge is -2.35. The zero-order chi connectivity index (χ0) is 26.2. The molecule has 1 fully saturated rings. The largest absolute Gasteiger partial charge is 0.301 e. The minimum atomic E-state index is -3.59. The Kier molecular flexibility index (Phi) is 7.16. The van der Waals surface area contributed by atoms with Crippen molar-refractivity contribution in [3.05, 3.63) is 88.2 Å². The average molecular weight is 537 g/mol. The van der Waals surface area contributed by atoms with Crippen molar-refractivity contribution in [2.45, 2.75) is 49.4 Å². The molecule has 7 nitrogen and oxygen atoms in total. The van der Waals surface area contributed by atoms with Gasteiger partial charge in [-0.05, 0) is 62.6 Å². The standard InChI is InChI=1S/C28H29ClN4O3S/c1-19(2)32-12-10-23(11-13-32)33-18-31-26-9-8-20(15-25(26)28(33)34)21-14-22(27(29)30-16-21)17-37(35,36)24-6-4-3-5-7-24/h3-9,14-16,18-19,23H,10-13,17H2,1-2H3. The molecule has 0 amide bonds. The van der Waals surface area contributed by atoms with Gasteiger partial charge in [0.05, 0.1) is 27.9 Å². The molecule has 0 atom stereocenters. The molecule has 0 unspecified atom stereocenters. The van der Waals surface area contributed by atoms with Crippen molar-refractivity contribution in [2.75, 3.05) is 13.1 Å². The van der Waals surface area contributed by atoms with Gasteiger partial charge in [0.25, 0.3) is 5.56 Å². The van der Waals surface area contributed by atoms with Gasteiger partial charge in [-0.3, -0.25) is 9.36 Å². The van der Waals surface area contributed by atoms with Crippen LogP contribution in [-0.2, 0) is 15.6 Å². The number of halogens is 1. The summed E-state index contributed by atoms with van der Waals surface area (Å²) in [4.78, 5) is 24.9. The van der Waals surface area contributed by atoms with Crippen LogP contribution in [0, 0.1) is 0 Å². The fraction of sp³-hybridized carbons (Fsp3) is 0.321. The minimum Gasteiger partial charge on any atom is -0.301 e. The first-order valence-electron chi connectivity index (χ1n) is 12.4. The van der Waals surface area contributed by atoms with E-state index in [1.807, 2.05) is 18.2 Å². The van der Waals surface area contributed by atoms with E-state index in [-0.39, 0.29) is 27.4 Å². The lowest BCUT2D eigenvalue weighted by molar-refractivity contribution is 0.150. The molecular weight excluding hydrogens is 508 g/mol. The Morgan fingerprint density at radius 1 is 1.00 bits per heavy atom. The van der Waals surface area contributed by atoms with Crippen molar-refractivity contribution in [3.8, 4) is 11.1 Å². The highest BCUT2D eigenvalue weighted by Gasteiger charge is 2.23. The highest BCUT2D eigenvalue weighted by Crippen LogP contribution is 2.28. The minimum absolute atomic E-state index is 0.0661. The van der Waals surface area contributed by atoms with Crippen LogP contribution in [0.5, 0.6) is 0 Å². The van der Waals surface area contributed by atoms with Gasteiger partial charge in [-0.1, -0.05) is 35.9 Å². The van der Waals surface area contributed by atoms with Crippen molar-refractivity contribution in [1.29, 1.82) is 0 Å². The Balaban J connectivity index is 1.47. The number of aromatic nitrogens is 3. The molecule has 9 heteroatoms. The Morgan fingerprint density at radius 3 is 2.43 bits per heavy atom. The predicted molar refractivity (Wildman–Crippen MR) is 147 cm³/mol. The van der Waals surface area contributed by atoms with Crippen LogP contribution in [0.25, 0.3) is 22.0 Å². The molecule has 2 aromatic heterocycles. The normalized spacial score (nSPS) is 15.5. The summed E-state index contributed by atoms with van der Waals surface area (Å²) in [5, 5.41) is 0.667. The van der Waals surface area contributed by atoms with Gasteiger partial charge in [0.15, 0.2) is 9.84 Å². The van der Waals surface area contributed by atoms with Crippen molar-refractivity contribution >= 4 is 32.3 Å². The number of benzene rings is 2. The van der Waals surface area contributed by atoms with Crippen LogP contribution < -0.4 is 5.56 Å². The lowest BCUT2D eigenvalue weighted by Crippen LogP contribution is -2.40. The summed E-state index contributed by atoms with van der Waals surface area (Å²) in [5.74, 6) is -0.270. The van der Waals surface area contributed by atoms with Crippen LogP contribution in [0.15, 0.2) is 76.8 Å². The molecule has 0 bridgehead atoms. The van der Waals surface area contributed by atoms with E-state index >= 15 is 0 Å². The zero-order valence-electron chi connectivity index (χ0n) is 20.8. The number of rotatable bonds is 6. The van der Waals surface area contributed by atoms with Gasteiger partial charge in [0.2, 0.25) is 0 Å². The average Bonchev–Trinajstić information content (AvgIpc) is 2.90. The van der Waals surface area contributed by atoms with Crippen LogP contribution in [0.4, 0.5) is 0 Å². The number of hydrogen-bond acceptors (Lipinski definition) is 6. The molecule has 1 aliphatic heterocycles. The topological polar surface area (TPSA) is 85.2 Å². The number of sulfone groups is 1. The molecule has 0 N–H and O–H groups in total. The molecule has 0 radical (unpaired) electrons. The number of fused-ring (bicyclic) bond motifs is 1. The summed E-state index contributed by atoms with van der Waals surface area (Å²) < 4.78 is 27.6. The smallest absolute Gasteiger partial charge is 0.261 e. The monoisotopic (exact) mass is 536 g/mol. The second-order valence-corrected chi connectivity index (χ2v) is 12.1. The summed E-state index contributed by atoms with van der Waals surface area (Å²) in [6.07, 6.45) is 5.08. The summed E-state index contributed by atoms with van der Waals surface area (Å²) in [6.45, 7) is 6.30. The van der Waals surface area contributed by atoms with Gasteiger partial charge in [0, 0.05) is 42.5 Å². The molecule has 192 valence electrons. The van der Waals surface area contributed by atoms with Crippen molar-refractivity contribution in [3.63, 3.8) is 0 Å². The van der Waals surface area contributed by atoms with Crippen molar-refractivity contribution in [1.82, 2.24) is 19.4 Å². The van der Waals surface area contributed by atoms with Gasteiger partial charge >= 0.3 is 0 Å². The fourth-order valence-electron chi connectivity index (χ4n) is 4.92. The maximum absolute atomic E-state index is 13.5. The Labute approximate surface area is 221 Å². The third kappa shape index (κ3) is 5.32. The summed E-state index contributed by atoms with van der Waals surface area (Å²) in [7, 11) is -3.59. The maximum Gasteiger partial charge on any atom is 0.261 e. The first kappa shape index (κ1) is 25.6. The fourth-order valence-corrected chi connectivity index (χ4v) is 6.54. The predicted octanol–water partition coefficient (Wildman–Crippen LogP) is 5.13. The van der Waals surface area contributed by atoms with Gasteiger partial charge in [0.1, 0.15) is 5.15 Å². The SMILES string of the molecule is CC(C)N1CCC(n2cnc3ccc(-c4cnc(Cl)c(CS(=O)(=O)c5ccccc5)c4)cc3c2=O)CC1. The summed E-state index contributed by atoms with van der Waals surface area (Å²) in [6, 6.07) is 16.1. The first-order valence-corrected chi connectivity index (χ1v) is 14.4. The number of pyridine rings is 1. The van der Waals surface area contributed by atoms with Crippen LogP contribution in [-0.4, -0.2) is 47.0 Å². The number of nitrogens with zero attached hydrogens (tertiary/aromatic N) is 4. The van der Waals surface area contributed by atoms with E-state index in [1.165, 1.54) is 0 Å². The number of piperidine rings is 1. The molecular formula is C28H29ClN4O3S. The number of likely N-dealkylation sites (tertiary alicyclic amines) is 1. The van der Waals surface area contributed by atoms with Crippen LogP contribution >= 0.6 is 11.6 Å². The van der Waals surface area contributed by atoms with Crippen molar-refractivity contribution in [2.24, 2.45) is 0 Å². The Bertz CT molecular complexity index is 1600. The van der Waals surface area contributed by atoms with E-state index in [0.717, 1.165) is 31.5 Å². The Hall–Kier alpha value is -3.07. The lowest BCUT2D eigenvalue weighted by atomic mass is 10.0. The van der Waals surface area contributed by atoms with E-state index in [0.29, 0.717) is 28.1 Å². The molecule has 1 saturated heterocycles. The van der Waals surface area contributed by atoms with Crippen LogP contribution in [0.3, 0.4) is 0 Å². The van der Waals surface area contributed by atoms with Gasteiger partial charge in [-0.2, -0.15) is 0 Å². The van der Waals surface area contributed by atoms with Crippen LogP contribution in [0.2, 0.25) is 5.15 Å². The molecule has 0 aliphatic carbocycles. The molecule has 3 heterocycles. The molecule has 0 spiro atoms. The first-order chi connectivity index (χ1) is 17.7. The molecule has 2 aromatic carbocycles. The summed E-state index contributed by atoms with van der Waals surface area (Å²) >= 11 is 6.29. The summed E-state index contributed by atoms with van der Waals surface area (Å²) in [5.41, 5.74) is 2.40.